The monoisotopic (exact) mass is 212 g/mol. The Kier molecular flexibility index (Phi) is 2.69. The summed E-state index contributed by atoms with van der Waals surface area (Å²) in [5.74, 6) is 0.385. The Bertz CT molecular complexity index is 527. The van der Waals surface area contributed by atoms with Crippen LogP contribution in [0.5, 0.6) is 5.75 Å². The Morgan fingerprint density at radius 2 is 1.56 bits per heavy atom. The summed E-state index contributed by atoms with van der Waals surface area (Å²) in [6, 6.07) is 12.2. The van der Waals surface area contributed by atoms with Crippen LogP contribution in [0.2, 0.25) is 0 Å². The van der Waals surface area contributed by atoms with Crippen LogP contribution in [0, 0.1) is 20.8 Å². The van der Waals surface area contributed by atoms with E-state index in [1.165, 1.54) is 11.1 Å². The zero-order chi connectivity index (χ0) is 11.7. The van der Waals surface area contributed by atoms with Gasteiger partial charge in [0.1, 0.15) is 5.75 Å². The maximum Gasteiger partial charge on any atom is 0.126 e. The molecule has 0 radical (unpaired) electrons. The van der Waals surface area contributed by atoms with Crippen molar-refractivity contribution >= 4 is 0 Å². The third-order valence-electron chi connectivity index (χ3n) is 2.92. The van der Waals surface area contributed by atoms with Gasteiger partial charge in [-0.15, -0.1) is 0 Å². The Morgan fingerprint density at radius 1 is 0.812 bits per heavy atom. The zero-order valence-corrected chi connectivity index (χ0v) is 9.91. The molecule has 0 saturated heterocycles. The molecule has 0 atom stereocenters. The van der Waals surface area contributed by atoms with E-state index in [2.05, 4.69) is 32.0 Å². The van der Waals surface area contributed by atoms with Gasteiger partial charge in [0.25, 0.3) is 0 Å². The highest BCUT2D eigenvalue weighted by Crippen LogP contribution is 2.33. The molecule has 16 heavy (non-hydrogen) atoms. The summed E-state index contributed by atoms with van der Waals surface area (Å²) in [7, 11) is 0. The van der Waals surface area contributed by atoms with E-state index in [9.17, 15) is 5.11 Å². The van der Waals surface area contributed by atoms with Crippen LogP contribution in [0.1, 0.15) is 16.7 Å². The van der Waals surface area contributed by atoms with Crippen molar-refractivity contribution in [1.82, 2.24) is 0 Å². The van der Waals surface area contributed by atoms with E-state index in [-0.39, 0.29) is 0 Å². The molecule has 0 aliphatic carbocycles. The summed E-state index contributed by atoms with van der Waals surface area (Å²) in [6.45, 7) is 6.05. The lowest BCUT2D eigenvalue weighted by Crippen LogP contribution is -1.87. The fourth-order valence-electron chi connectivity index (χ4n) is 1.90. The van der Waals surface area contributed by atoms with Gasteiger partial charge in [0.15, 0.2) is 0 Å². The fourth-order valence-corrected chi connectivity index (χ4v) is 1.90. The molecule has 0 amide bonds. The van der Waals surface area contributed by atoms with Crippen LogP contribution < -0.4 is 0 Å². The van der Waals surface area contributed by atoms with E-state index in [0.717, 1.165) is 16.7 Å². The highest BCUT2D eigenvalue weighted by atomic mass is 16.3. The van der Waals surface area contributed by atoms with Crippen molar-refractivity contribution in [1.29, 1.82) is 0 Å². The molecule has 0 unspecified atom stereocenters. The van der Waals surface area contributed by atoms with Crippen molar-refractivity contribution in [2.45, 2.75) is 20.8 Å². The molecule has 0 aliphatic heterocycles. The Hall–Kier alpha value is -1.76. The van der Waals surface area contributed by atoms with Gasteiger partial charge in [-0.2, -0.15) is 0 Å². The molecule has 0 aromatic heterocycles. The number of hydrogen-bond acceptors (Lipinski definition) is 1. The molecular formula is C15H16O. The largest absolute Gasteiger partial charge is 0.507 e. The summed E-state index contributed by atoms with van der Waals surface area (Å²) in [5.41, 5.74) is 5.34. The summed E-state index contributed by atoms with van der Waals surface area (Å²) in [4.78, 5) is 0. The van der Waals surface area contributed by atoms with E-state index in [4.69, 9.17) is 0 Å². The van der Waals surface area contributed by atoms with Crippen LogP contribution in [0.4, 0.5) is 0 Å². The molecular weight excluding hydrogens is 196 g/mol. The second-order valence-corrected chi connectivity index (χ2v) is 4.29. The van der Waals surface area contributed by atoms with Crippen molar-refractivity contribution in [2.24, 2.45) is 0 Å². The summed E-state index contributed by atoms with van der Waals surface area (Å²) < 4.78 is 0. The lowest BCUT2D eigenvalue weighted by molar-refractivity contribution is 0.473. The van der Waals surface area contributed by atoms with Gasteiger partial charge in [0.2, 0.25) is 0 Å². The lowest BCUT2D eigenvalue weighted by atomic mass is 9.96. The van der Waals surface area contributed by atoms with Crippen LogP contribution in [0.3, 0.4) is 0 Å². The van der Waals surface area contributed by atoms with Gasteiger partial charge >= 0.3 is 0 Å². The molecule has 0 aliphatic rings. The Balaban J connectivity index is 2.67. The molecule has 0 fully saturated rings. The minimum atomic E-state index is 0.385. The van der Waals surface area contributed by atoms with Gasteiger partial charge in [-0.1, -0.05) is 42.0 Å². The van der Waals surface area contributed by atoms with Crippen LogP contribution in [0.15, 0.2) is 36.4 Å². The first-order chi connectivity index (χ1) is 7.59. The predicted octanol–water partition coefficient (Wildman–Crippen LogP) is 3.98. The Labute approximate surface area is 96.4 Å². The maximum atomic E-state index is 10.1. The van der Waals surface area contributed by atoms with Crippen molar-refractivity contribution in [2.75, 3.05) is 0 Å². The predicted molar refractivity (Wildman–Crippen MR) is 67.8 cm³/mol. The number of aromatic hydroxyl groups is 1. The lowest BCUT2D eigenvalue weighted by Gasteiger charge is -2.10. The minimum Gasteiger partial charge on any atom is -0.507 e. The molecule has 0 spiro atoms. The summed E-state index contributed by atoms with van der Waals surface area (Å²) in [5, 5.41) is 10.1. The average molecular weight is 212 g/mol. The van der Waals surface area contributed by atoms with Gasteiger partial charge in [-0.3, -0.25) is 0 Å². The maximum absolute atomic E-state index is 10.1. The first-order valence-corrected chi connectivity index (χ1v) is 5.46. The zero-order valence-electron chi connectivity index (χ0n) is 9.91. The third-order valence-corrected chi connectivity index (χ3v) is 2.92. The number of aryl methyl sites for hydroxylation is 3. The highest BCUT2D eigenvalue weighted by Gasteiger charge is 2.08. The number of para-hydroxylation sites is 1. The molecule has 1 N–H and O–H groups in total. The van der Waals surface area contributed by atoms with E-state index in [0.29, 0.717) is 5.75 Å². The van der Waals surface area contributed by atoms with Crippen LogP contribution in [0.25, 0.3) is 11.1 Å². The number of phenolic OH excluding ortho intramolecular Hbond substituents is 1. The van der Waals surface area contributed by atoms with E-state index >= 15 is 0 Å². The first kappa shape index (κ1) is 10.7. The summed E-state index contributed by atoms with van der Waals surface area (Å²) >= 11 is 0. The molecule has 2 rings (SSSR count). The van der Waals surface area contributed by atoms with Crippen molar-refractivity contribution in [3.05, 3.63) is 53.1 Å². The van der Waals surface area contributed by atoms with Crippen LogP contribution in [-0.2, 0) is 0 Å². The second kappa shape index (κ2) is 4.01. The van der Waals surface area contributed by atoms with E-state index in [1.807, 2.05) is 25.1 Å². The quantitative estimate of drug-likeness (QED) is 0.758. The van der Waals surface area contributed by atoms with Crippen molar-refractivity contribution in [3.8, 4) is 16.9 Å². The SMILES string of the molecule is Cc1ccc(C)c(-c2cccc(C)c2O)c1. The van der Waals surface area contributed by atoms with Gasteiger partial charge in [-0.25, -0.2) is 0 Å². The van der Waals surface area contributed by atoms with Gasteiger partial charge in [0, 0.05) is 5.56 Å². The molecule has 0 heterocycles. The topological polar surface area (TPSA) is 20.2 Å². The second-order valence-electron chi connectivity index (χ2n) is 4.29. The van der Waals surface area contributed by atoms with Crippen LogP contribution in [-0.4, -0.2) is 5.11 Å². The summed E-state index contributed by atoms with van der Waals surface area (Å²) in [6.07, 6.45) is 0. The molecule has 82 valence electrons. The number of rotatable bonds is 1. The van der Waals surface area contributed by atoms with Gasteiger partial charge in [0.05, 0.1) is 0 Å². The molecule has 2 aromatic carbocycles. The van der Waals surface area contributed by atoms with E-state index in [1.54, 1.807) is 0 Å². The fraction of sp³-hybridized carbons (Fsp3) is 0.200. The van der Waals surface area contributed by atoms with Crippen molar-refractivity contribution < 1.29 is 5.11 Å². The Morgan fingerprint density at radius 3 is 2.31 bits per heavy atom. The minimum absolute atomic E-state index is 0.385. The van der Waals surface area contributed by atoms with Crippen molar-refractivity contribution in [3.63, 3.8) is 0 Å². The number of hydrogen-bond donors (Lipinski definition) is 1. The number of benzene rings is 2. The standard InChI is InChI=1S/C15H16O/c1-10-7-8-11(2)14(9-10)13-6-4-5-12(3)15(13)16/h4-9,16H,1-3H3. The molecule has 0 saturated carbocycles. The average Bonchev–Trinajstić information content (AvgIpc) is 2.26. The van der Waals surface area contributed by atoms with Crippen LogP contribution >= 0.6 is 0 Å². The van der Waals surface area contributed by atoms with Gasteiger partial charge in [-0.05, 0) is 37.5 Å². The first-order valence-electron chi connectivity index (χ1n) is 5.46. The molecule has 1 heteroatoms. The molecule has 0 bridgehead atoms. The number of phenols is 1. The normalized spacial score (nSPS) is 10.4. The van der Waals surface area contributed by atoms with E-state index < -0.39 is 0 Å². The molecule has 2 aromatic rings. The third kappa shape index (κ3) is 1.81. The van der Waals surface area contributed by atoms with Gasteiger partial charge < -0.3 is 5.11 Å². The highest BCUT2D eigenvalue weighted by molar-refractivity contribution is 5.74. The molecule has 1 nitrogen and oxygen atoms in total. The smallest absolute Gasteiger partial charge is 0.126 e.